The zero-order chi connectivity index (χ0) is 27.4. The van der Waals surface area contributed by atoms with Crippen molar-refractivity contribution >= 4 is 45.2 Å². The van der Waals surface area contributed by atoms with Crippen molar-refractivity contribution in [1.82, 2.24) is 20.0 Å². The van der Waals surface area contributed by atoms with Crippen LogP contribution >= 0.6 is 0 Å². The molecule has 0 unspecified atom stereocenters. The first-order valence-corrected chi connectivity index (χ1v) is 13.5. The Hall–Kier alpha value is -5.75. The summed E-state index contributed by atoms with van der Waals surface area (Å²) in [5, 5.41) is 10.2. The summed E-state index contributed by atoms with van der Waals surface area (Å²) < 4.78 is 0. The van der Waals surface area contributed by atoms with Crippen LogP contribution in [0.5, 0.6) is 0 Å². The lowest BCUT2D eigenvalue weighted by atomic mass is 10.1. The van der Waals surface area contributed by atoms with Crippen LogP contribution in [0.4, 0.5) is 34.1 Å². The van der Waals surface area contributed by atoms with Gasteiger partial charge in [-0.05, 0) is 72.8 Å². The zero-order valence-electron chi connectivity index (χ0n) is 22.2. The molecule has 196 valence electrons. The second kappa shape index (κ2) is 10.8. The number of benzene rings is 5. The van der Waals surface area contributed by atoms with Gasteiger partial charge in [0.05, 0.1) is 17.1 Å². The van der Waals surface area contributed by atoms with Gasteiger partial charge in [-0.2, -0.15) is 4.80 Å². The van der Waals surface area contributed by atoms with Gasteiger partial charge in [-0.3, -0.25) is 4.98 Å². The van der Waals surface area contributed by atoms with Gasteiger partial charge >= 0.3 is 0 Å². The monoisotopic (exact) mass is 530 g/mol. The second-order valence-corrected chi connectivity index (χ2v) is 9.51. The highest BCUT2D eigenvalue weighted by molar-refractivity contribution is 6.03. The lowest BCUT2D eigenvalue weighted by Gasteiger charge is -2.28. The molecule has 41 heavy (non-hydrogen) atoms. The Morgan fingerprint density at radius 2 is 0.732 bits per heavy atom. The van der Waals surface area contributed by atoms with E-state index in [4.69, 9.17) is 10.2 Å². The Bertz CT molecular complexity index is 1670. The van der Waals surface area contributed by atoms with Crippen molar-refractivity contribution in [3.05, 3.63) is 158 Å². The first kappa shape index (κ1) is 24.3. The Balaban J connectivity index is 1.52. The summed E-state index contributed by atoms with van der Waals surface area (Å²) >= 11 is 0. The van der Waals surface area contributed by atoms with Gasteiger partial charge in [-0.15, -0.1) is 10.2 Å². The van der Waals surface area contributed by atoms with Gasteiger partial charge in [0.1, 0.15) is 11.0 Å². The van der Waals surface area contributed by atoms with E-state index in [9.17, 15) is 0 Å². The lowest BCUT2D eigenvalue weighted by molar-refractivity contribution is 0.764. The Labute approximate surface area is 238 Å². The number of para-hydroxylation sites is 4. The first-order valence-electron chi connectivity index (χ1n) is 13.5. The summed E-state index contributed by atoms with van der Waals surface area (Å²) in [5.41, 5.74) is 8.41. The van der Waals surface area contributed by atoms with Crippen LogP contribution in [0.25, 0.3) is 16.7 Å². The molecule has 6 nitrogen and oxygen atoms in total. The fourth-order valence-corrected chi connectivity index (χ4v) is 5.08. The van der Waals surface area contributed by atoms with Gasteiger partial charge in [0.2, 0.25) is 0 Å². The molecular weight excluding hydrogens is 504 g/mol. The molecule has 2 heterocycles. The number of rotatable bonds is 7. The number of hydrogen-bond acceptors (Lipinski definition) is 5. The maximum Gasteiger partial charge on any atom is 0.139 e. The van der Waals surface area contributed by atoms with Gasteiger partial charge in [0.15, 0.2) is 0 Å². The quantitative estimate of drug-likeness (QED) is 0.206. The van der Waals surface area contributed by atoms with Crippen LogP contribution in [0.3, 0.4) is 0 Å². The molecule has 7 aromatic rings. The molecule has 0 fully saturated rings. The largest absolute Gasteiger partial charge is 0.308 e. The number of pyridine rings is 1. The minimum Gasteiger partial charge on any atom is -0.308 e. The Morgan fingerprint density at radius 3 is 1.07 bits per heavy atom. The van der Waals surface area contributed by atoms with Gasteiger partial charge in [-0.1, -0.05) is 72.8 Å². The SMILES string of the molecule is c1ccc(N(c2ccccc2)c2ccc(N(c3ccccc3)c3ccccc3)c3nn(-c4ccncc4)nc23)cc1. The molecule has 0 radical (unpaired) electrons. The third-order valence-corrected chi connectivity index (χ3v) is 6.93. The summed E-state index contributed by atoms with van der Waals surface area (Å²) in [4.78, 5) is 10.3. The van der Waals surface area contributed by atoms with Gasteiger partial charge in [-0.25, -0.2) is 0 Å². The summed E-state index contributed by atoms with van der Waals surface area (Å²) in [6, 6.07) is 49.5. The fourth-order valence-electron chi connectivity index (χ4n) is 5.08. The van der Waals surface area contributed by atoms with Crippen LogP contribution in [0.2, 0.25) is 0 Å². The minimum atomic E-state index is 0.781. The molecule has 0 aliphatic carbocycles. The summed E-state index contributed by atoms with van der Waals surface area (Å²) in [5.74, 6) is 0. The van der Waals surface area contributed by atoms with Crippen molar-refractivity contribution in [3.63, 3.8) is 0 Å². The maximum absolute atomic E-state index is 5.09. The molecule has 0 bridgehead atoms. The van der Waals surface area contributed by atoms with E-state index in [1.165, 1.54) is 0 Å². The number of nitrogens with zero attached hydrogens (tertiary/aromatic N) is 6. The normalized spacial score (nSPS) is 10.9. The molecule has 2 aromatic heterocycles. The highest BCUT2D eigenvalue weighted by Gasteiger charge is 2.24. The Kier molecular flexibility index (Phi) is 6.39. The molecule has 0 atom stereocenters. The summed E-state index contributed by atoms with van der Waals surface area (Å²) in [6.07, 6.45) is 3.51. The molecule has 0 saturated carbocycles. The van der Waals surface area contributed by atoms with E-state index < -0.39 is 0 Å². The molecule has 0 amide bonds. The van der Waals surface area contributed by atoms with Gasteiger partial charge in [0, 0.05) is 35.1 Å². The topological polar surface area (TPSA) is 50.1 Å². The predicted octanol–water partition coefficient (Wildman–Crippen LogP) is 8.76. The van der Waals surface area contributed by atoms with Crippen molar-refractivity contribution in [3.8, 4) is 5.69 Å². The van der Waals surface area contributed by atoms with Crippen LogP contribution in [0.1, 0.15) is 0 Å². The molecule has 6 heteroatoms. The van der Waals surface area contributed by atoms with Gasteiger partial charge < -0.3 is 9.80 Å². The molecule has 0 aliphatic heterocycles. The number of anilines is 6. The van der Waals surface area contributed by atoms with Crippen LogP contribution < -0.4 is 9.80 Å². The van der Waals surface area contributed by atoms with Crippen molar-refractivity contribution in [2.45, 2.75) is 0 Å². The standard InChI is InChI=1S/C35H26N6/c1-5-13-27(14-6-1)39(28-15-7-2-8-16-28)32-21-22-33(35-34(32)37-41(38-35)31-23-25-36-26-24-31)40(29-17-9-3-10-18-29)30-19-11-4-12-20-30/h1-26H. The van der Waals surface area contributed by atoms with E-state index in [0.717, 1.165) is 50.8 Å². The highest BCUT2D eigenvalue weighted by atomic mass is 15.5. The van der Waals surface area contributed by atoms with Crippen molar-refractivity contribution in [2.24, 2.45) is 0 Å². The average molecular weight is 531 g/mol. The molecule has 0 saturated heterocycles. The molecule has 5 aromatic carbocycles. The van der Waals surface area contributed by atoms with Gasteiger partial charge in [0.25, 0.3) is 0 Å². The lowest BCUT2D eigenvalue weighted by Crippen LogP contribution is -2.13. The van der Waals surface area contributed by atoms with Crippen LogP contribution in [-0.2, 0) is 0 Å². The fraction of sp³-hybridized carbons (Fsp3) is 0. The minimum absolute atomic E-state index is 0.781. The van der Waals surface area contributed by atoms with E-state index in [-0.39, 0.29) is 0 Å². The molecule has 0 spiro atoms. The third-order valence-electron chi connectivity index (χ3n) is 6.93. The van der Waals surface area contributed by atoms with E-state index in [1.54, 1.807) is 17.2 Å². The number of aromatic nitrogens is 4. The molecular formula is C35H26N6. The summed E-state index contributed by atoms with van der Waals surface area (Å²) in [6.45, 7) is 0. The average Bonchev–Trinajstić information content (AvgIpc) is 3.51. The summed E-state index contributed by atoms with van der Waals surface area (Å²) in [7, 11) is 0. The number of hydrogen-bond donors (Lipinski definition) is 0. The third kappa shape index (κ3) is 4.68. The van der Waals surface area contributed by atoms with Crippen molar-refractivity contribution in [1.29, 1.82) is 0 Å². The maximum atomic E-state index is 5.09. The highest BCUT2D eigenvalue weighted by Crippen LogP contribution is 2.44. The van der Waals surface area contributed by atoms with E-state index >= 15 is 0 Å². The van der Waals surface area contributed by atoms with E-state index in [0.29, 0.717) is 0 Å². The smallest absolute Gasteiger partial charge is 0.139 e. The number of fused-ring (bicyclic) bond motifs is 1. The zero-order valence-corrected chi connectivity index (χ0v) is 22.2. The van der Waals surface area contributed by atoms with Crippen LogP contribution in [0.15, 0.2) is 158 Å². The molecule has 0 N–H and O–H groups in total. The van der Waals surface area contributed by atoms with E-state index in [2.05, 4.69) is 124 Å². The Morgan fingerprint density at radius 1 is 0.390 bits per heavy atom. The van der Waals surface area contributed by atoms with Crippen LogP contribution in [-0.4, -0.2) is 20.0 Å². The predicted molar refractivity (Wildman–Crippen MR) is 166 cm³/mol. The molecule has 7 rings (SSSR count). The first-order chi connectivity index (χ1) is 20.4. The van der Waals surface area contributed by atoms with Crippen molar-refractivity contribution in [2.75, 3.05) is 9.80 Å². The van der Waals surface area contributed by atoms with Crippen LogP contribution in [0, 0.1) is 0 Å². The van der Waals surface area contributed by atoms with E-state index in [1.807, 2.05) is 36.4 Å². The second-order valence-electron chi connectivity index (χ2n) is 9.51. The van der Waals surface area contributed by atoms with Crippen molar-refractivity contribution < 1.29 is 0 Å². The molecule has 0 aliphatic rings.